The van der Waals surface area contributed by atoms with E-state index in [0.717, 1.165) is 28.7 Å². The minimum absolute atomic E-state index is 0.00625. The molecule has 0 radical (unpaired) electrons. The van der Waals surface area contributed by atoms with Gasteiger partial charge in [0, 0.05) is 29.8 Å². The Labute approximate surface area is 188 Å². The summed E-state index contributed by atoms with van der Waals surface area (Å²) in [6.45, 7) is 0.00625. The number of H-pyrrole nitrogens is 1. The summed E-state index contributed by atoms with van der Waals surface area (Å²) in [5.74, 6) is -0.116. The number of nitrogens with zero attached hydrogens (tertiary/aromatic N) is 5. The van der Waals surface area contributed by atoms with Crippen LogP contribution >= 0.6 is 23.8 Å². The molecule has 31 heavy (non-hydrogen) atoms. The number of pyridine rings is 1. The number of fused-ring (bicyclic) bond motifs is 1. The number of carbonyl (C=O) groups is 1. The third-order valence-corrected chi connectivity index (χ3v) is 6.67. The predicted octanol–water partition coefficient (Wildman–Crippen LogP) is 3.08. The lowest BCUT2D eigenvalue weighted by Gasteiger charge is -2.43. The molecule has 2 aliphatic rings. The van der Waals surface area contributed by atoms with E-state index < -0.39 is 5.54 Å². The molecule has 0 unspecified atom stereocenters. The lowest BCUT2D eigenvalue weighted by molar-refractivity contribution is -0.123. The molecular weight excluding hydrogens is 436 g/mol. The Balaban J connectivity index is 1.61. The summed E-state index contributed by atoms with van der Waals surface area (Å²) in [5.41, 5.74) is 2.20. The number of anilines is 2. The molecule has 8 nitrogen and oxygen atoms in total. The minimum atomic E-state index is -0.744. The first-order chi connectivity index (χ1) is 15.0. The highest BCUT2D eigenvalue weighted by Crippen LogP contribution is 2.48. The second-order valence-electron chi connectivity index (χ2n) is 7.66. The molecule has 1 aliphatic heterocycles. The highest BCUT2D eigenvalue weighted by Gasteiger charge is 2.59. The molecule has 1 amide bonds. The van der Waals surface area contributed by atoms with Crippen LogP contribution in [-0.4, -0.2) is 43.5 Å². The van der Waals surface area contributed by atoms with Gasteiger partial charge in [0.05, 0.1) is 22.4 Å². The van der Waals surface area contributed by atoms with Crippen molar-refractivity contribution < 1.29 is 9.90 Å². The van der Waals surface area contributed by atoms with Crippen LogP contribution < -0.4 is 9.80 Å². The number of nitriles is 1. The average Bonchev–Trinajstić information content (AvgIpc) is 3.23. The SMILES string of the molecule is N#Cc1ncc(N2C(=O)C3(CCC3)N(c3ccc4n[nH]c(CCO)c4c3)C2=S)cc1Cl. The number of carbonyl (C=O) groups excluding carboxylic acids is 1. The molecule has 1 aliphatic carbocycles. The summed E-state index contributed by atoms with van der Waals surface area (Å²) in [4.78, 5) is 21.0. The van der Waals surface area contributed by atoms with Crippen LogP contribution in [0.2, 0.25) is 5.02 Å². The molecular formula is C21H17ClN6O2S. The van der Waals surface area contributed by atoms with Gasteiger partial charge in [0.2, 0.25) is 0 Å². The number of rotatable bonds is 4. The van der Waals surface area contributed by atoms with E-state index in [4.69, 9.17) is 29.1 Å². The summed E-state index contributed by atoms with van der Waals surface area (Å²) < 4.78 is 0. The number of halogens is 1. The molecule has 3 heterocycles. The molecule has 5 rings (SSSR count). The number of hydrogen-bond donors (Lipinski definition) is 2. The molecule has 1 saturated heterocycles. The fraction of sp³-hybridized carbons (Fsp3) is 0.286. The van der Waals surface area contributed by atoms with Gasteiger partial charge in [-0.15, -0.1) is 0 Å². The zero-order chi connectivity index (χ0) is 21.8. The van der Waals surface area contributed by atoms with Gasteiger partial charge < -0.3 is 10.0 Å². The van der Waals surface area contributed by atoms with E-state index in [1.54, 1.807) is 6.07 Å². The first kappa shape index (κ1) is 19.9. The molecule has 2 N–H and O–H groups in total. The van der Waals surface area contributed by atoms with Crippen LogP contribution in [0.25, 0.3) is 10.9 Å². The van der Waals surface area contributed by atoms with Crippen LogP contribution in [-0.2, 0) is 11.2 Å². The fourth-order valence-corrected chi connectivity index (χ4v) is 5.00. The molecule has 3 aromatic rings. The van der Waals surface area contributed by atoms with Crippen LogP contribution in [0, 0.1) is 11.3 Å². The third kappa shape index (κ3) is 2.83. The average molecular weight is 453 g/mol. The largest absolute Gasteiger partial charge is 0.396 e. The van der Waals surface area contributed by atoms with E-state index in [1.807, 2.05) is 29.2 Å². The van der Waals surface area contributed by atoms with Crippen molar-refractivity contribution in [2.45, 2.75) is 31.2 Å². The molecule has 0 atom stereocenters. The van der Waals surface area contributed by atoms with Gasteiger partial charge in [-0.25, -0.2) is 4.98 Å². The quantitative estimate of drug-likeness (QED) is 0.585. The third-order valence-electron chi connectivity index (χ3n) is 6.02. The van der Waals surface area contributed by atoms with Gasteiger partial charge in [0.15, 0.2) is 10.8 Å². The van der Waals surface area contributed by atoms with Gasteiger partial charge in [-0.2, -0.15) is 10.4 Å². The zero-order valence-corrected chi connectivity index (χ0v) is 17.9. The standard InChI is InChI=1S/C21H17ClN6O2S/c22-15-9-13(11-24-18(15)10-23)27-19(30)21(5-1-6-21)28(20(27)31)12-2-3-16-14(8-12)17(4-7-29)26-25-16/h2-3,8-9,11,29H,1,4-7H2,(H,25,26). The van der Waals surface area contributed by atoms with Gasteiger partial charge >= 0.3 is 0 Å². The minimum Gasteiger partial charge on any atom is -0.396 e. The molecule has 10 heteroatoms. The Morgan fingerprint density at radius 1 is 1.32 bits per heavy atom. The van der Waals surface area contributed by atoms with Crippen LogP contribution in [0.1, 0.15) is 30.7 Å². The molecule has 156 valence electrons. The summed E-state index contributed by atoms with van der Waals surface area (Å²) >= 11 is 11.9. The smallest absolute Gasteiger partial charge is 0.259 e. The Hall–Kier alpha value is -3.06. The maximum absolute atomic E-state index is 13.6. The van der Waals surface area contributed by atoms with Crippen LogP contribution in [0.5, 0.6) is 0 Å². The van der Waals surface area contributed by atoms with E-state index in [9.17, 15) is 9.90 Å². The van der Waals surface area contributed by atoms with E-state index in [-0.39, 0.29) is 23.2 Å². The Morgan fingerprint density at radius 3 is 2.77 bits per heavy atom. The zero-order valence-electron chi connectivity index (χ0n) is 16.3. The summed E-state index contributed by atoms with van der Waals surface area (Å²) in [6, 6.07) is 9.21. The monoisotopic (exact) mass is 452 g/mol. The normalized spacial score (nSPS) is 17.5. The van der Waals surface area contributed by atoms with Crippen molar-refractivity contribution in [2.75, 3.05) is 16.4 Å². The van der Waals surface area contributed by atoms with Crippen LogP contribution in [0.4, 0.5) is 11.4 Å². The Bertz CT molecular complexity index is 1280. The number of aromatic amines is 1. The van der Waals surface area contributed by atoms with E-state index >= 15 is 0 Å². The van der Waals surface area contributed by atoms with Crippen molar-refractivity contribution in [3.05, 3.63) is 46.9 Å². The van der Waals surface area contributed by atoms with Crippen LogP contribution in [0.15, 0.2) is 30.5 Å². The van der Waals surface area contributed by atoms with Gasteiger partial charge in [0.25, 0.3) is 5.91 Å². The summed E-state index contributed by atoms with van der Waals surface area (Å²) in [7, 11) is 0. The number of benzene rings is 1. The molecule has 1 saturated carbocycles. The lowest BCUT2D eigenvalue weighted by atomic mass is 9.75. The number of nitrogens with one attached hydrogen (secondary N) is 1. The first-order valence-corrected chi connectivity index (χ1v) is 10.6. The molecule has 2 fully saturated rings. The molecule has 1 aromatic carbocycles. The van der Waals surface area contributed by atoms with Crippen LogP contribution in [0.3, 0.4) is 0 Å². The second-order valence-corrected chi connectivity index (χ2v) is 8.43. The van der Waals surface area contributed by atoms with Crippen molar-refractivity contribution in [3.8, 4) is 6.07 Å². The van der Waals surface area contributed by atoms with Gasteiger partial charge in [-0.05, 0) is 55.7 Å². The number of aliphatic hydroxyl groups is 1. The maximum Gasteiger partial charge on any atom is 0.259 e. The van der Waals surface area contributed by atoms with E-state index in [2.05, 4.69) is 15.2 Å². The number of hydrogen-bond acceptors (Lipinski definition) is 6. The topological polar surface area (TPSA) is 109 Å². The van der Waals surface area contributed by atoms with E-state index in [0.29, 0.717) is 30.1 Å². The Morgan fingerprint density at radius 2 is 2.13 bits per heavy atom. The summed E-state index contributed by atoms with van der Waals surface area (Å²) in [6.07, 6.45) is 4.20. The van der Waals surface area contributed by atoms with Crippen molar-refractivity contribution in [3.63, 3.8) is 0 Å². The highest BCUT2D eigenvalue weighted by atomic mass is 35.5. The number of aliphatic hydroxyl groups excluding tert-OH is 1. The fourth-order valence-electron chi connectivity index (χ4n) is 4.33. The van der Waals surface area contributed by atoms with Crippen molar-refractivity contribution >= 4 is 57.1 Å². The molecule has 0 bridgehead atoms. The molecule has 1 spiro atoms. The van der Waals surface area contributed by atoms with Gasteiger partial charge in [0.1, 0.15) is 11.6 Å². The van der Waals surface area contributed by atoms with Crippen molar-refractivity contribution in [1.29, 1.82) is 5.26 Å². The molecule has 2 aromatic heterocycles. The summed E-state index contributed by atoms with van der Waals surface area (Å²) in [5, 5.41) is 27.1. The number of amides is 1. The first-order valence-electron chi connectivity index (χ1n) is 9.82. The van der Waals surface area contributed by atoms with Gasteiger partial charge in [-0.3, -0.25) is 14.8 Å². The van der Waals surface area contributed by atoms with Gasteiger partial charge in [-0.1, -0.05) is 11.6 Å². The lowest BCUT2D eigenvalue weighted by Crippen LogP contribution is -2.55. The number of thiocarbonyl (C=S) groups is 1. The maximum atomic E-state index is 13.6. The second kappa shape index (κ2) is 7.27. The highest BCUT2D eigenvalue weighted by molar-refractivity contribution is 7.81. The van der Waals surface area contributed by atoms with Crippen molar-refractivity contribution in [1.82, 2.24) is 15.2 Å². The number of aromatic nitrogens is 3. The Kier molecular flexibility index (Phi) is 4.66. The van der Waals surface area contributed by atoms with E-state index in [1.165, 1.54) is 11.1 Å². The predicted molar refractivity (Wildman–Crippen MR) is 120 cm³/mol. The van der Waals surface area contributed by atoms with Crippen molar-refractivity contribution in [2.24, 2.45) is 0 Å².